The Hall–Kier alpha value is -3.17. The van der Waals surface area contributed by atoms with Crippen LogP contribution in [-0.2, 0) is 4.79 Å². The van der Waals surface area contributed by atoms with E-state index in [4.69, 9.17) is 11.6 Å². The summed E-state index contributed by atoms with van der Waals surface area (Å²) in [5.74, 6) is 0.478. The fourth-order valence-electron chi connectivity index (χ4n) is 3.09. The molecule has 0 saturated heterocycles. The van der Waals surface area contributed by atoms with Gasteiger partial charge in [-0.3, -0.25) is 9.69 Å². The van der Waals surface area contributed by atoms with Crippen LogP contribution < -0.4 is 4.90 Å². The molecule has 1 aliphatic heterocycles. The van der Waals surface area contributed by atoms with E-state index in [1.807, 2.05) is 79.7 Å². The quantitative estimate of drug-likeness (QED) is 0.560. The number of amidine groups is 1. The molecule has 1 amide bonds. The third-order valence-corrected chi connectivity index (χ3v) is 4.64. The second kappa shape index (κ2) is 7.22. The van der Waals surface area contributed by atoms with Crippen LogP contribution in [0.2, 0.25) is 5.02 Å². The average molecular weight is 373 g/mol. The smallest absolute Gasteiger partial charge is 0.266 e. The Morgan fingerprint density at radius 3 is 2.41 bits per heavy atom. The Kier molecular flexibility index (Phi) is 4.61. The van der Waals surface area contributed by atoms with Crippen molar-refractivity contribution in [2.24, 2.45) is 4.99 Å². The third-order valence-electron chi connectivity index (χ3n) is 4.40. The molecule has 0 aliphatic carbocycles. The molecule has 0 fully saturated rings. The first kappa shape index (κ1) is 17.3. The van der Waals surface area contributed by atoms with Gasteiger partial charge in [0.2, 0.25) is 0 Å². The summed E-state index contributed by atoms with van der Waals surface area (Å²) in [5.41, 5.74) is 3.97. The first-order valence-corrected chi connectivity index (χ1v) is 9.03. The van der Waals surface area contributed by atoms with Gasteiger partial charge in [0.15, 0.2) is 0 Å². The van der Waals surface area contributed by atoms with E-state index in [1.54, 1.807) is 17.0 Å². The van der Waals surface area contributed by atoms with E-state index in [2.05, 4.69) is 4.99 Å². The lowest BCUT2D eigenvalue weighted by Crippen LogP contribution is -2.33. The number of halogens is 1. The number of carbonyl (C=O) groups excluding carboxylic acids is 1. The first-order chi connectivity index (χ1) is 13.1. The molecule has 3 aromatic rings. The molecule has 0 atom stereocenters. The lowest BCUT2D eigenvalue weighted by Gasteiger charge is -2.20. The summed E-state index contributed by atoms with van der Waals surface area (Å²) in [6.07, 6.45) is 1.77. The maximum atomic E-state index is 13.2. The number of hydrogen-bond acceptors (Lipinski definition) is 2. The number of para-hydroxylation sites is 1. The molecule has 3 nitrogen and oxygen atoms in total. The zero-order valence-corrected chi connectivity index (χ0v) is 15.5. The molecule has 0 N–H and O–H groups in total. The Balaban J connectivity index is 1.85. The molecular weight excluding hydrogens is 356 g/mol. The molecule has 1 aliphatic rings. The molecule has 27 heavy (non-hydrogen) atoms. The van der Waals surface area contributed by atoms with Crippen molar-refractivity contribution in [2.45, 2.75) is 6.92 Å². The molecule has 3 aromatic carbocycles. The van der Waals surface area contributed by atoms with Gasteiger partial charge in [-0.1, -0.05) is 72.3 Å². The highest BCUT2D eigenvalue weighted by atomic mass is 35.5. The molecule has 0 unspecified atom stereocenters. The van der Waals surface area contributed by atoms with Gasteiger partial charge in [-0.25, -0.2) is 4.99 Å². The van der Waals surface area contributed by atoms with E-state index in [9.17, 15) is 4.79 Å². The van der Waals surface area contributed by atoms with Gasteiger partial charge in [0.05, 0.1) is 5.69 Å². The minimum atomic E-state index is -0.150. The van der Waals surface area contributed by atoms with E-state index in [0.717, 1.165) is 22.4 Å². The van der Waals surface area contributed by atoms with Crippen LogP contribution in [0.5, 0.6) is 0 Å². The zero-order valence-electron chi connectivity index (χ0n) is 14.8. The largest absolute Gasteiger partial charge is 0.282 e. The Labute approximate surface area is 163 Å². The predicted octanol–water partition coefficient (Wildman–Crippen LogP) is 5.48. The monoisotopic (exact) mass is 372 g/mol. The minimum absolute atomic E-state index is 0.150. The van der Waals surface area contributed by atoms with Gasteiger partial charge in [-0.05, 0) is 42.3 Å². The van der Waals surface area contributed by atoms with Crippen molar-refractivity contribution in [1.29, 1.82) is 0 Å². The van der Waals surface area contributed by atoms with Gasteiger partial charge in [-0.2, -0.15) is 0 Å². The molecule has 0 saturated carbocycles. The average Bonchev–Trinajstić information content (AvgIpc) is 2.99. The number of nitrogens with zero attached hydrogens (tertiary/aromatic N) is 2. The predicted molar refractivity (Wildman–Crippen MR) is 111 cm³/mol. The Morgan fingerprint density at radius 2 is 1.67 bits per heavy atom. The summed E-state index contributed by atoms with van der Waals surface area (Å²) >= 11 is 6.08. The molecule has 1 heterocycles. The molecule has 0 spiro atoms. The number of hydrogen-bond donors (Lipinski definition) is 0. The zero-order chi connectivity index (χ0) is 18.8. The first-order valence-electron chi connectivity index (χ1n) is 8.65. The fourth-order valence-corrected chi connectivity index (χ4v) is 3.29. The van der Waals surface area contributed by atoms with Crippen molar-refractivity contribution in [3.05, 3.63) is 106 Å². The maximum absolute atomic E-state index is 13.2. The third kappa shape index (κ3) is 3.42. The summed E-state index contributed by atoms with van der Waals surface area (Å²) in [6.45, 7) is 1.99. The fraction of sp³-hybridized carbons (Fsp3) is 0.0435. The van der Waals surface area contributed by atoms with Gasteiger partial charge in [0.1, 0.15) is 11.5 Å². The standard InChI is InChI=1S/C23H17ClN2O/c1-16-8-5-6-13-21(16)26-22(18-10-3-2-4-11-18)25-20(23(26)27)15-17-9-7-12-19(24)14-17/h2-15H,1H3. The molecule has 0 radical (unpaired) electrons. The van der Waals surface area contributed by atoms with Crippen LogP contribution in [-0.4, -0.2) is 11.7 Å². The molecule has 4 rings (SSSR count). The summed E-state index contributed by atoms with van der Waals surface area (Å²) in [4.78, 5) is 19.6. The summed E-state index contributed by atoms with van der Waals surface area (Å²) < 4.78 is 0. The molecular formula is C23H17ClN2O. The van der Waals surface area contributed by atoms with Crippen LogP contribution in [0.25, 0.3) is 6.08 Å². The normalized spacial score (nSPS) is 15.3. The number of benzene rings is 3. The van der Waals surface area contributed by atoms with Crippen LogP contribution in [0.1, 0.15) is 16.7 Å². The second-order valence-electron chi connectivity index (χ2n) is 6.31. The van der Waals surface area contributed by atoms with E-state index in [0.29, 0.717) is 16.6 Å². The summed E-state index contributed by atoms with van der Waals surface area (Å²) in [6, 6.07) is 24.9. The van der Waals surface area contributed by atoms with Crippen molar-refractivity contribution in [3.63, 3.8) is 0 Å². The second-order valence-corrected chi connectivity index (χ2v) is 6.75. The van der Waals surface area contributed by atoms with Crippen LogP contribution in [0, 0.1) is 6.92 Å². The molecule has 0 bridgehead atoms. The van der Waals surface area contributed by atoms with E-state index in [1.165, 1.54) is 0 Å². The van der Waals surface area contributed by atoms with Gasteiger partial charge < -0.3 is 0 Å². The highest BCUT2D eigenvalue weighted by Crippen LogP contribution is 2.30. The van der Waals surface area contributed by atoms with Gasteiger partial charge in [0, 0.05) is 10.6 Å². The van der Waals surface area contributed by atoms with Gasteiger partial charge >= 0.3 is 0 Å². The van der Waals surface area contributed by atoms with E-state index in [-0.39, 0.29) is 5.91 Å². The Bertz CT molecular complexity index is 1070. The minimum Gasteiger partial charge on any atom is -0.266 e. The van der Waals surface area contributed by atoms with Crippen LogP contribution in [0.3, 0.4) is 0 Å². The van der Waals surface area contributed by atoms with Crippen molar-refractivity contribution >= 4 is 35.1 Å². The van der Waals surface area contributed by atoms with Gasteiger partial charge in [-0.15, -0.1) is 0 Å². The number of anilines is 1. The van der Waals surface area contributed by atoms with Crippen LogP contribution in [0.4, 0.5) is 5.69 Å². The van der Waals surface area contributed by atoms with Crippen molar-refractivity contribution < 1.29 is 4.79 Å². The lowest BCUT2D eigenvalue weighted by molar-refractivity contribution is -0.113. The maximum Gasteiger partial charge on any atom is 0.282 e. The number of carbonyl (C=O) groups is 1. The van der Waals surface area contributed by atoms with Crippen LogP contribution >= 0.6 is 11.6 Å². The van der Waals surface area contributed by atoms with E-state index < -0.39 is 0 Å². The highest BCUT2D eigenvalue weighted by molar-refractivity contribution is 6.33. The Morgan fingerprint density at radius 1 is 0.926 bits per heavy atom. The number of amides is 1. The van der Waals surface area contributed by atoms with Crippen LogP contribution in [0.15, 0.2) is 89.6 Å². The molecule has 4 heteroatoms. The SMILES string of the molecule is Cc1ccccc1N1C(=O)C(=Cc2cccc(Cl)c2)N=C1c1ccccc1. The van der Waals surface area contributed by atoms with E-state index >= 15 is 0 Å². The molecule has 0 aromatic heterocycles. The highest BCUT2D eigenvalue weighted by Gasteiger charge is 2.33. The van der Waals surface area contributed by atoms with Crippen molar-refractivity contribution in [2.75, 3.05) is 4.90 Å². The van der Waals surface area contributed by atoms with Crippen molar-refractivity contribution in [3.8, 4) is 0 Å². The topological polar surface area (TPSA) is 32.7 Å². The molecule has 132 valence electrons. The number of aryl methyl sites for hydroxylation is 1. The van der Waals surface area contributed by atoms with Gasteiger partial charge in [0.25, 0.3) is 5.91 Å². The van der Waals surface area contributed by atoms with Crippen molar-refractivity contribution in [1.82, 2.24) is 0 Å². The summed E-state index contributed by atoms with van der Waals surface area (Å²) in [7, 11) is 0. The lowest BCUT2D eigenvalue weighted by atomic mass is 10.1. The summed E-state index contributed by atoms with van der Waals surface area (Å²) in [5, 5.41) is 0.623. The number of rotatable bonds is 3. The number of aliphatic imine (C=N–C) groups is 1.